The lowest BCUT2D eigenvalue weighted by Crippen LogP contribution is -2.67. The van der Waals surface area contributed by atoms with Crippen molar-refractivity contribution >= 4 is 11.8 Å². The van der Waals surface area contributed by atoms with Gasteiger partial charge in [-0.2, -0.15) is 0 Å². The van der Waals surface area contributed by atoms with Gasteiger partial charge in [-0.3, -0.25) is 9.59 Å². The van der Waals surface area contributed by atoms with Crippen molar-refractivity contribution in [3.05, 3.63) is 12.2 Å². The molecule has 5 heteroatoms. The van der Waals surface area contributed by atoms with Gasteiger partial charge in [-0.1, -0.05) is 53.7 Å². The Kier molecular flexibility index (Phi) is 9.86. The highest BCUT2D eigenvalue weighted by Gasteiger charge is 2.72. The van der Waals surface area contributed by atoms with Crippen molar-refractivity contribution in [2.24, 2.45) is 68.5 Å². The summed E-state index contributed by atoms with van der Waals surface area (Å²) in [6.07, 6.45) is 16.5. The van der Waals surface area contributed by atoms with Crippen LogP contribution in [0.5, 0.6) is 0 Å². The molecule has 1 aliphatic heterocycles. The molecule has 0 spiro atoms. The van der Waals surface area contributed by atoms with Crippen molar-refractivity contribution < 1.29 is 14.3 Å². The number of fused-ring (bicyclic) bond motifs is 7. The van der Waals surface area contributed by atoms with Crippen LogP contribution in [0.4, 0.5) is 0 Å². The van der Waals surface area contributed by atoms with E-state index >= 15 is 0 Å². The molecule has 282 valence electrons. The predicted molar refractivity (Wildman–Crippen MR) is 204 cm³/mol. The van der Waals surface area contributed by atoms with Crippen molar-refractivity contribution in [2.75, 3.05) is 39.3 Å². The van der Waals surface area contributed by atoms with E-state index in [-0.39, 0.29) is 39.1 Å². The first-order chi connectivity index (χ1) is 23.6. The molecule has 0 radical (unpaired) electrons. The van der Waals surface area contributed by atoms with Crippen LogP contribution in [0.2, 0.25) is 0 Å². The van der Waals surface area contributed by atoms with Crippen LogP contribution in [-0.4, -0.2) is 66.9 Å². The zero-order valence-corrected chi connectivity index (χ0v) is 33.6. The largest absolute Gasteiger partial charge is 0.462 e. The highest BCUT2D eigenvalue weighted by Crippen LogP contribution is 2.77. The molecular weight excluding hydrogens is 617 g/mol. The van der Waals surface area contributed by atoms with E-state index in [1.807, 2.05) is 0 Å². The highest BCUT2D eigenvalue weighted by molar-refractivity contribution is 5.86. The summed E-state index contributed by atoms with van der Waals surface area (Å²) < 4.78 is 5.99. The molecule has 5 nitrogen and oxygen atoms in total. The predicted octanol–water partition coefficient (Wildman–Crippen LogP) is 9.59. The average Bonchev–Trinajstić information content (AvgIpc) is 3.68. The minimum atomic E-state index is -0.128. The first kappa shape index (κ1) is 37.1. The third-order valence-electron chi connectivity index (χ3n) is 18.4. The second-order valence-electron chi connectivity index (χ2n) is 20.7. The summed E-state index contributed by atoms with van der Waals surface area (Å²) in [5.41, 5.74) is 1.98. The monoisotopic (exact) mass is 691 g/mol. The van der Waals surface area contributed by atoms with E-state index in [1.54, 1.807) is 6.92 Å². The third-order valence-corrected chi connectivity index (χ3v) is 18.4. The molecule has 7 rings (SSSR count). The van der Waals surface area contributed by atoms with E-state index in [2.05, 4.69) is 64.8 Å². The molecule has 7 fully saturated rings. The number of piperazine rings is 1. The fourth-order valence-corrected chi connectivity index (χ4v) is 15.7. The van der Waals surface area contributed by atoms with Gasteiger partial charge in [-0.25, -0.2) is 0 Å². The van der Waals surface area contributed by atoms with E-state index in [4.69, 9.17) is 4.74 Å². The molecular formula is C45H74N2O3. The second kappa shape index (κ2) is 13.3. The Labute approximate surface area is 306 Å². The number of hydrogen-bond donors (Lipinski definition) is 0. The Hall–Kier alpha value is -1.20. The van der Waals surface area contributed by atoms with Gasteiger partial charge >= 0.3 is 5.97 Å². The van der Waals surface area contributed by atoms with Crippen LogP contribution in [0.25, 0.3) is 0 Å². The Morgan fingerprint density at radius 1 is 0.740 bits per heavy atom. The molecule has 0 N–H and O–H groups in total. The number of likely N-dealkylation sites (N-methyl/N-ethyl adjacent to an activating group) is 1. The molecule has 0 bridgehead atoms. The van der Waals surface area contributed by atoms with Crippen molar-refractivity contribution in [1.29, 1.82) is 0 Å². The number of rotatable bonds is 8. The van der Waals surface area contributed by atoms with Crippen LogP contribution in [0, 0.1) is 68.5 Å². The van der Waals surface area contributed by atoms with Gasteiger partial charge in [0.15, 0.2) is 0 Å². The van der Waals surface area contributed by atoms with E-state index in [9.17, 15) is 9.59 Å². The topological polar surface area (TPSA) is 49.9 Å². The van der Waals surface area contributed by atoms with Crippen LogP contribution >= 0.6 is 0 Å². The van der Waals surface area contributed by atoms with E-state index < -0.39 is 0 Å². The lowest BCUT2D eigenvalue weighted by molar-refractivity contribution is -0.248. The molecule has 6 saturated carbocycles. The maximum Gasteiger partial charge on any atom is 0.302 e. The Morgan fingerprint density at radius 3 is 2.12 bits per heavy atom. The minimum absolute atomic E-state index is 0.00826. The number of hydrogen-bond acceptors (Lipinski definition) is 5. The van der Waals surface area contributed by atoms with Crippen molar-refractivity contribution in [1.82, 2.24) is 9.80 Å². The number of carbonyl (C=O) groups is 2. The summed E-state index contributed by atoms with van der Waals surface area (Å²) in [4.78, 5) is 32.4. The molecule has 0 aromatic rings. The summed E-state index contributed by atoms with van der Waals surface area (Å²) in [6, 6.07) is 0. The summed E-state index contributed by atoms with van der Waals surface area (Å²) in [5, 5.41) is 0. The molecule has 7 aliphatic rings. The molecule has 0 aromatic carbocycles. The molecule has 12 atom stereocenters. The second-order valence-corrected chi connectivity index (χ2v) is 20.7. The van der Waals surface area contributed by atoms with Gasteiger partial charge < -0.3 is 14.5 Å². The van der Waals surface area contributed by atoms with Crippen molar-refractivity contribution in [3.63, 3.8) is 0 Å². The average molecular weight is 691 g/mol. The minimum Gasteiger partial charge on any atom is -0.462 e. The standard InChI is InChI=1S/C45H74N2O3/c1-10-46-23-25-47(26-24-46)29-33-12-11-32(27-33)28-38(49)45-20-15-34(30(2)3)40(45)35-13-14-37-42(7)18-17-39(50-31(4)48)41(5,6)36(42)16-19-44(37,9)43(35,8)21-22-45/h32-37,39-40H,2,10-29H2,1,3-9H3/t32-,33?,34+,35-,36+,37-,39+,40-,42+,43-,44-,45-/m1/s1. The van der Waals surface area contributed by atoms with Gasteiger partial charge in [0.1, 0.15) is 11.9 Å². The number of ether oxygens (including phenoxy) is 1. The number of esters is 1. The van der Waals surface area contributed by atoms with Gasteiger partial charge in [0.05, 0.1) is 0 Å². The number of carbonyl (C=O) groups excluding carboxylic acids is 2. The van der Waals surface area contributed by atoms with Crippen LogP contribution in [0.1, 0.15) is 145 Å². The molecule has 0 amide bonds. The van der Waals surface area contributed by atoms with Gasteiger partial charge in [0.2, 0.25) is 0 Å². The fraction of sp³-hybridized carbons (Fsp3) is 0.911. The van der Waals surface area contributed by atoms with Gasteiger partial charge in [-0.05, 0) is 155 Å². The number of allylic oxidation sites excluding steroid dienone is 1. The smallest absolute Gasteiger partial charge is 0.302 e. The first-order valence-corrected chi connectivity index (χ1v) is 21.4. The summed E-state index contributed by atoms with van der Waals surface area (Å²) >= 11 is 0. The first-order valence-electron chi connectivity index (χ1n) is 21.4. The lowest BCUT2D eigenvalue weighted by atomic mass is 9.32. The van der Waals surface area contributed by atoms with E-state index in [0.29, 0.717) is 41.3 Å². The van der Waals surface area contributed by atoms with Gasteiger partial charge in [-0.15, -0.1) is 0 Å². The molecule has 6 aliphatic carbocycles. The van der Waals surface area contributed by atoms with Crippen LogP contribution in [-0.2, 0) is 14.3 Å². The molecule has 1 unspecified atom stereocenters. The fourth-order valence-electron chi connectivity index (χ4n) is 15.7. The summed E-state index contributed by atoms with van der Waals surface area (Å²) in [7, 11) is 0. The molecule has 1 saturated heterocycles. The van der Waals surface area contributed by atoms with Crippen LogP contribution < -0.4 is 0 Å². The zero-order valence-electron chi connectivity index (χ0n) is 33.6. The zero-order chi connectivity index (χ0) is 35.9. The Balaban J connectivity index is 1.09. The third kappa shape index (κ3) is 5.74. The van der Waals surface area contributed by atoms with Crippen LogP contribution in [0.15, 0.2) is 12.2 Å². The number of nitrogens with zero attached hydrogens (tertiary/aromatic N) is 2. The Bertz CT molecular complexity index is 1320. The molecule has 1 heterocycles. The number of ketones is 1. The highest BCUT2D eigenvalue weighted by atomic mass is 16.5. The Morgan fingerprint density at radius 2 is 1.44 bits per heavy atom. The molecule has 0 aromatic heterocycles. The SMILES string of the molecule is C=C(C)[C@@H]1CC[C@]2(C(=O)C[C@@H]3CCC(CN4CCN(CC)CC4)C3)CC[C@]3(C)[C@H](CC[C@@H]4[C@@]5(C)CC[C@H](OC(C)=O)C(C)(C)[C@@H]5CC[C@]43C)[C@@H]12. The van der Waals surface area contributed by atoms with Crippen molar-refractivity contribution in [3.8, 4) is 0 Å². The van der Waals surface area contributed by atoms with Crippen LogP contribution in [0.3, 0.4) is 0 Å². The van der Waals surface area contributed by atoms with Gasteiger partial charge in [0.25, 0.3) is 0 Å². The normalized spacial score (nSPS) is 47.4. The quantitative estimate of drug-likeness (QED) is 0.188. The molecule has 50 heavy (non-hydrogen) atoms. The van der Waals surface area contributed by atoms with Gasteiger partial charge in [0, 0.05) is 56.9 Å². The van der Waals surface area contributed by atoms with E-state index in [1.165, 1.54) is 103 Å². The number of Topliss-reactive ketones (excluding diaryl/α,β-unsaturated/α-hetero) is 1. The van der Waals surface area contributed by atoms with Crippen molar-refractivity contribution in [2.45, 2.75) is 151 Å². The summed E-state index contributed by atoms with van der Waals surface area (Å²) in [5.74, 6) is 4.71. The maximum absolute atomic E-state index is 15.0. The lowest BCUT2D eigenvalue weighted by Gasteiger charge is -2.73. The van der Waals surface area contributed by atoms with E-state index in [0.717, 1.165) is 38.0 Å². The maximum atomic E-state index is 15.0. The summed E-state index contributed by atoms with van der Waals surface area (Å²) in [6.45, 7) is 30.9.